The molecule has 1 fully saturated rings. The first-order valence-corrected chi connectivity index (χ1v) is 7.13. The molecule has 0 spiro atoms. The normalized spacial score (nSPS) is 17.8. The highest BCUT2D eigenvalue weighted by molar-refractivity contribution is 5.99. The zero-order valence-electron chi connectivity index (χ0n) is 12.2. The molecule has 1 saturated heterocycles. The molecule has 2 aromatic heterocycles. The molecule has 0 aliphatic carbocycles. The van der Waals surface area contributed by atoms with Crippen LogP contribution in [0, 0.1) is 12.8 Å². The lowest BCUT2D eigenvalue weighted by Crippen LogP contribution is -2.32. The Hall–Kier alpha value is -2.70. The van der Waals surface area contributed by atoms with Crippen LogP contribution in [0.3, 0.4) is 0 Å². The number of rotatable bonds is 4. The summed E-state index contributed by atoms with van der Waals surface area (Å²) in [7, 11) is 0. The molecule has 1 aliphatic rings. The van der Waals surface area contributed by atoms with Gasteiger partial charge in [-0.25, -0.2) is 4.98 Å². The maximum Gasteiger partial charge on any atom is 0.229 e. The molecule has 2 aromatic rings. The van der Waals surface area contributed by atoms with Crippen LogP contribution in [0.15, 0.2) is 30.6 Å². The summed E-state index contributed by atoms with van der Waals surface area (Å²) in [6.45, 7) is 2.68. The van der Waals surface area contributed by atoms with Crippen LogP contribution in [0.1, 0.15) is 17.7 Å². The summed E-state index contributed by atoms with van der Waals surface area (Å²) in [5.41, 5.74) is 1.87. The van der Waals surface area contributed by atoms with Gasteiger partial charge in [-0.05, 0) is 19.1 Å². The lowest BCUT2D eigenvalue weighted by atomic mass is 10.1. The molecular weight excluding hydrogens is 282 g/mol. The van der Waals surface area contributed by atoms with E-state index in [-0.39, 0.29) is 24.2 Å². The fourth-order valence-electron chi connectivity index (χ4n) is 2.50. The molecule has 2 amide bonds. The van der Waals surface area contributed by atoms with Crippen molar-refractivity contribution >= 4 is 17.6 Å². The number of hydrogen-bond donors (Lipinski definition) is 2. The third-order valence-corrected chi connectivity index (χ3v) is 3.81. The Morgan fingerprint density at radius 1 is 1.50 bits per heavy atom. The minimum Gasteiger partial charge on any atom is -0.352 e. The Morgan fingerprint density at radius 3 is 3.05 bits per heavy atom. The largest absolute Gasteiger partial charge is 0.352 e. The van der Waals surface area contributed by atoms with E-state index in [1.165, 1.54) is 0 Å². The highest BCUT2D eigenvalue weighted by atomic mass is 16.2. The molecule has 2 N–H and O–H groups in total. The fraction of sp³-hybridized carbons (Fsp3) is 0.333. The smallest absolute Gasteiger partial charge is 0.229 e. The average Bonchev–Trinajstić information content (AvgIpc) is 3.12. The van der Waals surface area contributed by atoms with Crippen LogP contribution >= 0.6 is 0 Å². The molecule has 0 radical (unpaired) electrons. The number of H-pyrrole nitrogens is 1. The minimum atomic E-state index is -0.346. The number of carbonyl (C=O) groups excluding carboxylic acids is 2. The van der Waals surface area contributed by atoms with Crippen molar-refractivity contribution in [3.05, 3.63) is 41.9 Å². The second-order valence-corrected chi connectivity index (χ2v) is 5.33. The summed E-state index contributed by atoms with van der Waals surface area (Å²) < 4.78 is 0. The third-order valence-electron chi connectivity index (χ3n) is 3.81. The summed E-state index contributed by atoms with van der Waals surface area (Å²) in [6.07, 6.45) is 3.54. The Labute approximate surface area is 127 Å². The van der Waals surface area contributed by atoms with Gasteiger partial charge in [0, 0.05) is 37.0 Å². The SMILES string of the molecule is Cc1[nH]ncc1CNC(=O)C1CC(=O)N(c2ccccn2)C1. The van der Waals surface area contributed by atoms with Crippen molar-refractivity contribution in [1.29, 1.82) is 0 Å². The zero-order chi connectivity index (χ0) is 15.5. The Morgan fingerprint density at radius 2 is 2.36 bits per heavy atom. The molecule has 0 aromatic carbocycles. The topological polar surface area (TPSA) is 91.0 Å². The van der Waals surface area contributed by atoms with Gasteiger partial charge < -0.3 is 5.32 Å². The second-order valence-electron chi connectivity index (χ2n) is 5.33. The van der Waals surface area contributed by atoms with E-state index in [1.54, 1.807) is 29.4 Å². The number of anilines is 1. The first-order valence-electron chi connectivity index (χ1n) is 7.13. The van der Waals surface area contributed by atoms with Gasteiger partial charge in [0.25, 0.3) is 0 Å². The summed E-state index contributed by atoms with van der Waals surface area (Å²) in [5.74, 6) is 0.0564. The molecule has 0 saturated carbocycles. The van der Waals surface area contributed by atoms with Crippen molar-refractivity contribution in [2.75, 3.05) is 11.4 Å². The summed E-state index contributed by atoms with van der Waals surface area (Å²) in [6, 6.07) is 5.39. The van der Waals surface area contributed by atoms with Gasteiger partial charge >= 0.3 is 0 Å². The number of nitrogens with zero attached hydrogens (tertiary/aromatic N) is 3. The monoisotopic (exact) mass is 299 g/mol. The lowest BCUT2D eigenvalue weighted by molar-refractivity contribution is -0.126. The Balaban J connectivity index is 1.61. The van der Waals surface area contributed by atoms with Gasteiger partial charge in [0.05, 0.1) is 12.1 Å². The van der Waals surface area contributed by atoms with Gasteiger partial charge in [-0.2, -0.15) is 5.10 Å². The highest BCUT2D eigenvalue weighted by Crippen LogP contribution is 2.23. The number of aromatic amines is 1. The van der Waals surface area contributed by atoms with Gasteiger partial charge in [-0.3, -0.25) is 19.6 Å². The first-order chi connectivity index (χ1) is 10.6. The minimum absolute atomic E-state index is 0.0710. The summed E-state index contributed by atoms with van der Waals surface area (Å²) in [5, 5.41) is 9.60. The predicted molar refractivity (Wildman–Crippen MR) is 79.9 cm³/mol. The van der Waals surface area contributed by atoms with Gasteiger partial charge in [0.2, 0.25) is 11.8 Å². The van der Waals surface area contributed by atoms with Gasteiger partial charge in [-0.15, -0.1) is 0 Å². The molecule has 3 rings (SSSR count). The van der Waals surface area contributed by atoms with E-state index in [0.29, 0.717) is 18.9 Å². The zero-order valence-corrected chi connectivity index (χ0v) is 12.2. The molecule has 114 valence electrons. The van der Waals surface area contributed by atoms with E-state index in [2.05, 4.69) is 20.5 Å². The van der Waals surface area contributed by atoms with Gasteiger partial charge in [0.15, 0.2) is 0 Å². The summed E-state index contributed by atoms with van der Waals surface area (Å²) >= 11 is 0. The van der Waals surface area contributed by atoms with Crippen LogP contribution in [0.25, 0.3) is 0 Å². The molecule has 7 heteroatoms. The number of aromatic nitrogens is 3. The molecule has 1 aliphatic heterocycles. The summed E-state index contributed by atoms with van der Waals surface area (Å²) in [4.78, 5) is 30.0. The molecule has 3 heterocycles. The van der Waals surface area contributed by atoms with E-state index < -0.39 is 0 Å². The van der Waals surface area contributed by atoms with Crippen molar-refractivity contribution in [2.24, 2.45) is 5.92 Å². The Kier molecular flexibility index (Phi) is 3.86. The quantitative estimate of drug-likeness (QED) is 0.873. The molecule has 7 nitrogen and oxygen atoms in total. The van der Waals surface area contributed by atoms with Crippen LogP contribution in [-0.2, 0) is 16.1 Å². The third kappa shape index (κ3) is 2.83. The lowest BCUT2D eigenvalue weighted by Gasteiger charge is -2.15. The maximum absolute atomic E-state index is 12.2. The number of nitrogens with one attached hydrogen (secondary N) is 2. The number of carbonyl (C=O) groups is 2. The van der Waals surface area contributed by atoms with Crippen molar-refractivity contribution in [1.82, 2.24) is 20.5 Å². The van der Waals surface area contributed by atoms with E-state index >= 15 is 0 Å². The second kappa shape index (κ2) is 5.97. The van der Waals surface area contributed by atoms with Gasteiger partial charge in [-0.1, -0.05) is 6.07 Å². The van der Waals surface area contributed by atoms with Gasteiger partial charge in [0.1, 0.15) is 5.82 Å². The van der Waals surface area contributed by atoms with Crippen molar-refractivity contribution in [2.45, 2.75) is 19.9 Å². The van der Waals surface area contributed by atoms with Crippen LogP contribution in [0.4, 0.5) is 5.82 Å². The van der Waals surface area contributed by atoms with E-state index in [1.807, 2.05) is 13.0 Å². The number of pyridine rings is 1. The molecule has 22 heavy (non-hydrogen) atoms. The number of amides is 2. The maximum atomic E-state index is 12.2. The van der Waals surface area contributed by atoms with Crippen LogP contribution in [0.5, 0.6) is 0 Å². The van der Waals surface area contributed by atoms with E-state index in [0.717, 1.165) is 11.3 Å². The number of aryl methyl sites for hydroxylation is 1. The molecular formula is C15H17N5O2. The first kappa shape index (κ1) is 14.2. The predicted octanol–water partition coefficient (Wildman–Crippen LogP) is 0.782. The average molecular weight is 299 g/mol. The van der Waals surface area contributed by atoms with E-state index in [9.17, 15) is 9.59 Å². The molecule has 1 atom stereocenters. The van der Waals surface area contributed by atoms with Crippen molar-refractivity contribution in [3.8, 4) is 0 Å². The molecule has 1 unspecified atom stereocenters. The van der Waals surface area contributed by atoms with Crippen LogP contribution in [-0.4, -0.2) is 33.5 Å². The van der Waals surface area contributed by atoms with Crippen molar-refractivity contribution in [3.63, 3.8) is 0 Å². The number of hydrogen-bond acceptors (Lipinski definition) is 4. The fourth-order valence-corrected chi connectivity index (χ4v) is 2.50. The highest BCUT2D eigenvalue weighted by Gasteiger charge is 2.35. The van der Waals surface area contributed by atoms with Crippen molar-refractivity contribution < 1.29 is 9.59 Å². The van der Waals surface area contributed by atoms with Crippen LogP contribution < -0.4 is 10.2 Å². The molecule has 0 bridgehead atoms. The van der Waals surface area contributed by atoms with Crippen LogP contribution in [0.2, 0.25) is 0 Å². The standard InChI is InChI=1S/C15H17N5O2/c1-10-12(8-18-19-10)7-17-15(22)11-6-14(21)20(9-11)13-4-2-3-5-16-13/h2-5,8,11H,6-7,9H2,1H3,(H,17,22)(H,18,19). The Bertz CT molecular complexity index is 682. The van der Waals surface area contributed by atoms with E-state index in [4.69, 9.17) is 0 Å².